The van der Waals surface area contributed by atoms with Crippen LogP contribution in [0.4, 0.5) is 0 Å². The predicted molar refractivity (Wildman–Crippen MR) is 82.3 cm³/mol. The van der Waals surface area contributed by atoms with Crippen LogP contribution in [0.3, 0.4) is 0 Å². The van der Waals surface area contributed by atoms with E-state index in [1.165, 1.54) is 0 Å². The van der Waals surface area contributed by atoms with Gasteiger partial charge in [0.15, 0.2) is 0 Å². The quantitative estimate of drug-likeness (QED) is 0.869. The van der Waals surface area contributed by atoms with Gasteiger partial charge in [-0.15, -0.1) is 10.2 Å². The zero-order valence-corrected chi connectivity index (χ0v) is 12.9. The summed E-state index contributed by atoms with van der Waals surface area (Å²) in [6.45, 7) is 2.63. The van der Waals surface area contributed by atoms with Crippen molar-refractivity contribution in [3.63, 3.8) is 0 Å². The average Bonchev–Trinajstić information content (AvgIpc) is 3.22. The number of aromatic nitrogens is 2. The number of ether oxygens (including phenoxy) is 1. The third-order valence-corrected chi connectivity index (χ3v) is 4.75. The monoisotopic (exact) mass is 313 g/mol. The second-order valence-electron chi connectivity index (χ2n) is 6.42. The lowest BCUT2D eigenvalue weighted by molar-refractivity contribution is -0.138. The van der Waals surface area contributed by atoms with Crippen molar-refractivity contribution in [2.24, 2.45) is 5.41 Å². The maximum Gasteiger partial charge on any atom is 0.247 e. The maximum atomic E-state index is 12.2. The molecule has 1 amide bonds. The number of likely N-dealkylation sites (tertiary alicyclic amines) is 1. The Morgan fingerprint density at radius 1 is 1.17 bits per heavy atom. The molecular formula is C17H19N3O3. The number of nitrogens with zero attached hydrogens (tertiary/aromatic N) is 3. The largest absolute Gasteiger partial charge is 0.419 e. The molecule has 0 saturated carbocycles. The fourth-order valence-electron chi connectivity index (χ4n) is 3.40. The Morgan fingerprint density at radius 2 is 2.04 bits per heavy atom. The van der Waals surface area contributed by atoms with Gasteiger partial charge in [0.05, 0.1) is 13.2 Å². The number of carbonyl (C=O) groups excluding carboxylic acids is 1. The molecule has 2 aliphatic heterocycles. The van der Waals surface area contributed by atoms with Crippen LogP contribution in [0.5, 0.6) is 0 Å². The van der Waals surface area contributed by atoms with E-state index in [9.17, 15) is 4.79 Å². The molecule has 0 N–H and O–H groups in total. The number of benzene rings is 1. The number of hydrogen-bond acceptors (Lipinski definition) is 5. The first kappa shape index (κ1) is 14.4. The fraction of sp³-hybridized carbons (Fsp3) is 0.471. The molecule has 1 atom stereocenters. The van der Waals surface area contributed by atoms with Crippen molar-refractivity contribution in [2.75, 3.05) is 19.8 Å². The summed E-state index contributed by atoms with van der Waals surface area (Å²) >= 11 is 0. The highest BCUT2D eigenvalue weighted by Crippen LogP contribution is 2.38. The van der Waals surface area contributed by atoms with E-state index in [0.29, 0.717) is 24.7 Å². The van der Waals surface area contributed by atoms with E-state index < -0.39 is 0 Å². The molecule has 0 radical (unpaired) electrons. The van der Waals surface area contributed by atoms with Gasteiger partial charge in [-0.05, 0) is 25.0 Å². The Morgan fingerprint density at radius 3 is 2.83 bits per heavy atom. The van der Waals surface area contributed by atoms with Crippen LogP contribution in [0.1, 0.15) is 25.2 Å². The fourth-order valence-corrected chi connectivity index (χ4v) is 3.40. The smallest absolute Gasteiger partial charge is 0.247 e. The zero-order valence-electron chi connectivity index (χ0n) is 12.9. The van der Waals surface area contributed by atoms with E-state index in [0.717, 1.165) is 38.2 Å². The maximum absolute atomic E-state index is 12.2. The van der Waals surface area contributed by atoms with Gasteiger partial charge in [0.1, 0.15) is 0 Å². The van der Waals surface area contributed by atoms with Crippen LogP contribution in [0.25, 0.3) is 11.5 Å². The van der Waals surface area contributed by atoms with E-state index >= 15 is 0 Å². The summed E-state index contributed by atoms with van der Waals surface area (Å²) in [6.07, 6.45) is 2.51. The molecular weight excluding hydrogens is 294 g/mol. The lowest BCUT2D eigenvalue weighted by Crippen LogP contribution is -2.46. The van der Waals surface area contributed by atoms with Crippen molar-refractivity contribution in [2.45, 2.75) is 25.8 Å². The van der Waals surface area contributed by atoms with E-state index in [2.05, 4.69) is 10.2 Å². The van der Waals surface area contributed by atoms with Crippen LogP contribution < -0.4 is 0 Å². The van der Waals surface area contributed by atoms with Crippen LogP contribution >= 0.6 is 0 Å². The third-order valence-electron chi connectivity index (χ3n) is 4.75. The average molecular weight is 313 g/mol. The van der Waals surface area contributed by atoms with Crippen LogP contribution in [-0.2, 0) is 16.1 Å². The molecule has 6 nitrogen and oxygen atoms in total. The number of amides is 1. The van der Waals surface area contributed by atoms with E-state index in [4.69, 9.17) is 9.15 Å². The van der Waals surface area contributed by atoms with Crippen molar-refractivity contribution < 1.29 is 13.9 Å². The summed E-state index contributed by atoms with van der Waals surface area (Å²) in [5.74, 6) is 1.12. The molecule has 6 heteroatoms. The van der Waals surface area contributed by atoms with Crippen LogP contribution in [0, 0.1) is 5.41 Å². The summed E-state index contributed by atoms with van der Waals surface area (Å²) in [6, 6.07) is 9.65. The second-order valence-corrected chi connectivity index (χ2v) is 6.42. The van der Waals surface area contributed by atoms with Gasteiger partial charge in [0, 0.05) is 30.6 Å². The summed E-state index contributed by atoms with van der Waals surface area (Å²) < 4.78 is 11.3. The van der Waals surface area contributed by atoms with Crippen LogP contribution in [0.2, 0.25) is 0 Å². The van der Waals surface area contributed by atoms with Crippen molar-refractivity contribution in [1.29, 1.82) is 0 Å². The zero-order chi connectivity index (χ0) is 15.7. The molecule has 2 fully saturated rings. The number of piperidine rings is 1. The molecule has 4 rings (SSSR count). The Balaban J connectivity index is 1.49. The Kier molecular flexibility index (Phi) is 3.61. The number of rotatable bonds is 3. The molecule has 1 aromatic carbocycles. The van der Waals surface area contributed by atoms with Gasteiger partial charge in [-0.25, -0.2) is 0 Å². The minimum atomic E-state index is 0.121. The molecule has 120 valence electrons. The first-order chi connectivity index (χ1) is 11.2. The summed E-state index contributed by atoms with van der Waals surface area (Å²) in [5, 5.41) is 8.18. The standard InChI is InChI=1S/C17H19N3O3/c21-15-6-7-17(8-9-22-12-17)11-20(15)10-14-18-19-16(23-14)13-4-2-1-3-5-13/h1-5H,6-12H2/t17-/m1/s1. The van der Waals surface area contributed by atoms with Gasteiger partial charge in [0.2, 0.25) is 17.7 Å². The number of hydrogen-bond donors (Lipinski definition) is 0. The minimum absolute atomic E-state index is 0.121. The molecule has 1 aromatic heterocycles. The topological polar surface area (TPSA) is 68.5 Å². The van der Waals surface area contributed by atoms with Gasteiger partial charge in [-0.3, -0.25) is 4.79 Å². The summed E-state index contributed by atoms with van der Waals surface area (Å²) in [4.78, 5) is 14.0. The first-order valence-corrected chi connectivity index (χ1v) is 7.98. The Labute approximate surface area is 134 Å². The van der Waals surface area contributed by atoms with Crippen molar-refractivity contribution in [3.05, 3.63) is 36.2 Å². The van der Waals surface area contributed by atoms with Gasteiger partial charge in [-0.1, -0.05) is 18.2 Å². The Hall–Kier alpha value is -2.21. The normalized spacial score (nSPS) is 24.5. The highest BCUT2D eigenvalue weighted by Gasteiger charge is 2.41. The number of carbonyl (C=O) groups is 1. The minimum Gasteiger partial charge on any atom is -0.419 e. The molecule has 0 bridgehead atoms. The van der Waals surface area contributed by atoms with Crippen molar-refractivity contribution in [3.8, 4) is 11.5 Å². The molecule has 2 aromatic rings. The SMILES string of the molecule is O=C1CC[C@@]2(CCOC2)CN1Cc1nnc(-c2ccccc2)o1. The highest BCUT2D eigenvalue weighted by molar-refractivity contribution is 5.77. The van der Waals surface area contributed by atoms with Crippen LogP contribution in [-0.4, -0.2) is 40.8 Å². The molecule has 3 heterocycles. The Bertz CT molecular complexity index is 692. The molecule has 2 aliphatic rings. The van der Waals surface area contributed by atoms with E-state index in [-0.39, 0.29) is 11.3 Å². The van der Waals surface area contributed by atoms with Crippen molar-refractivity contribution >= 4 is 5.91 Å². The summed E-state index contributed by atoms with van der Waals surface area (Å²) in [7, 11) is 0. The van der Waals surface area contributed by atoms with Gasteiger partial charge in [-0.2, -0.15) is 0 Å². The predicted octanol–water partition coefficient (Wildman–Crippen LogP) is 2.27. The molecule has 2 saturated heterocycles. The molecule has 1 spiro atoms. The molecule has 0 unspecified atom stereocenters. The third kappa shape index (κ3) is 2.86. The second kappa shape index (κ2) is 5.77. The lowest BCUT2D eigenvalue weighted by Gasteiger charge is -2.38. The van der Waals surface area contributed by atoms with Gasteiger partial charge in [0.25, 0.3) is 0 Å². The highest BCUT2D eigenvalue weighted by atomic mass is 16.5. The molecule has 23 heavy (non-hydrogen) atoms. The van der Waals surface area contributed by atoms with Gasteiger partial charge >= 0.3 is 0 Å². The summed E-state index contributed by atoms with van der Waals surface area (Å²) in [5.41, 5.74) is 1.01. The lowest BCUT2D eigenvalue weighted by atomic mass is 9.79. The van der Waals surface area contributed by atoms with E-state index in [1.54, 1.807) is 0 Å². The van der Waals surface area contributed by atoms with Crippen LogP contribution in [0.15, 0.2) is 34.7 Å². The van der Waals surface area contributed by atoms with Gasteiger partial charge < -0.3 is 14.1 Å². The first-order valence-electron chi connectivity index (χ1n) is 7.98. The van der Waals surface area contributed by atoms with E-state index in [1.807, 2.05) is 35.2 Å². The molecule has 0 aliphatic carbocycles. The van der Waals surface area contributed by atoms with Crippen molar-refractivity contribution in [1.82, 2.24) is 15.1 Å².